The second kappa shape index (κ2) is 8.43. The third kappa shape index (κ3) is 4.48. The molecule has 0 atom stereocenters. The molecular formula is C22H18N4O2. The minimum absolute atomic E-state index is 0.0752. The highest BCUT2D eigenvalue weighted by atomic mass is 16.3. The first-order valence-corrected chi connectivity index (χ1v) is 8.49. The number of anilines is 4. The Morgan fingerprint density at radius 2 is 1.57 bits per heavy atom. The van der Waals surface area contributed by atoms with Crippen molar-refractivity contribution in [2.24, 2.45) is 0 Å². The van der Waals surface area contributed by atoms with Crippen LogP contribution in [-0.2, 0) is 4.79 Å². The van der Waals surface area contributed by atoms with Gasteiger partial charge in [0.1, 0.15) is 17.4 Å². The molecule has 0 aliphatic carbocycles. The normalized spacial score (nSPS) is 10.8. The second-order valence-corrected chi connectivity index (χ2v) is 5.95. The molecule has 6 heteroatoms. The van der Waals surface area contributed by atoms with Crippen molar-refractivity contribution in [1.29, 1.82) is 5.26 Å². The van der Waals surface area contributed by atoms with E-state index in [9.17, 15) is 15.2 Å². The number of hydrogen-bond donors (Lipinski definition) is 3. The lowest BCUT2D eigenvalue weighted by Crippen LogP contribution is -2.17. The van der Waals surface area contributed by atoms with Crippen molar-refractivity contribution in [1.82, 2.24) is 0 Å². The molecular weight excluding hydrogens is 352 g/mol. The van der Waals surface area contributed by atoms with Crippen LogP contribution in [0.4, 0.5) is 22.7 Å². The van der Waals surface area contributed by atoms with Gasteiger partial charge in [-0.1, -0.05) is 18.2 Å². The number of para-hydroxylation sites is 1. The highest BCUT2D eigenvalue weighted by Crippen LogP contribution is 2.27. The van der Waals surface area contributed by atoms with Gasteiger partial charge in [-0.05, 0) is 60.7 Å². The summed E-state index contributed by atoms with van der Waals surface area (Å²) < 4.78 is 0. The molecule has 0 aliphatic rings. The first kappa shape index (κ1) is 18.5. The van der Waals surface area contributed by atoms with E-state index in [1.54, 1.807) is 29.2 Å². The Hall–Kier alpha value is -4.24. The maximum absolute atomic E-state index is 12.6. The highest BCUT2D eigenvalue weighted by Gasteiger charge is 2.14. The van der Waals surface area contributed by atoms with E-state index in [2.05, 4.69) is 5.32 Å². The molecule has 0 fully saturated rings. The molecule has 0 radical (unpaired) electrons. The van der Waals surface area contributed by atoms with Crippen LogP contribution in [0.5, 0.6) is 5.75 Å². The molecule has 1 amide bonds. The third-order valence-corrected chi connectivity index (χ3v) is 3.95. The van der Waals surface area contributed by atoms with Crippen LogP contribution in [-0.4, -0.2) is 11.0 Å². The molecule has 0 aromatic heterocycles. The van der Waals surface area contributed by atoms with Crippen molar-refractivity contribution < 1.29 is 9.90 Å². The minimum Gasteiger partial charge on any atom is -0.508 e. The number of nitriles is 1. The van der Waals surface area contributed by atoms with Gasteiger partial charge in [-0.25, -0.2) is 0 Å². The Bertz CT molecular complexity index is 1020. The van der Waals surface area contributed by atoms with E-state index in [1.165, 1.54) is 18.3 Å². The van der Waals surface area contributed by atoms with Gasteiger partial charge in [0.2, 0.25) is 0 Å². The van der Waals surface area contributed by atoms with Crippen molar-refractivity contribution >= 4 is 28.7 Å². The van der Waals surface area contributed by atoms with Crippen molar-refractivity contribution in [3.63, 3.8) is 0 Å². The summed E-state index contributed by atoms with van der Waals surface area (Å²) in [5.41, 5.74) is 8.33. The summed E-state index contributed by atoms with van der Waals surface area (Å²) in [6.07, 6.45) is 1.48. The second-order valence-electron chi connectivity index (χ2n) is 5.95. The van der Waals surface area contributed by atoms with Gasteiger partial charge in [0, 0.05) is 28.9 Å². The van der Waals surface area contributed by atoms with E-state index in [0.717, 1.165) is 11.4 Å². The number of carbonyl (C=O) groups excluding carboxylic acids is 1. The van der Waals surface area contributed by atoms with Crippen LogP contribution in [0.1, 0.15) is 0 Å². The zero-order chi connectivity index (χ0) is 19.9. The first-order chi connectivity index (χ1) is 13.6. The predicted octanol–water partition coefficient (Wildman–Crippen LogP) is 4.16. The van der Waals surface area contributed by atoms with Crippen LogP contribution < -0.4 is 16.0 Å². The fraction of sp³-hybridized carbons (Fsp3) is 0. The molecule has 0 spiro atoms. The van der Waals surface area contributed by atoms with Crippen molar-refractivity contribution in [3.8, 4) is 11.8 Å². The summed E-state index contributed by atoms with van der Waals surface area (Å²) in [5.74, 6) is -0.461. The lowest BCUT2D eigenvalue weighted by atomic mass is 10.2. The number of hydrogen-bond acceptors (Lipinski definition) is 5. The van der Waals surface area contributed by atoms with Crippen molar-refractivity contribution in [3.05, 3.63) is 90.6 Å². The molecule has 6 nitrogen and oxygen atoms in total. The molecule has 138 valence electrons. The largest absolute Gasteiger partial charge is 0.508 e. The van der Waals surface area contributed by atoms with Gasteiger partial charge >= 0.3 is 0 Å². The quantitative estimate of drug-likeness (QED) is 0.271. The van der Waals surface area contributed by atoms with Gasteiger partial charge in [0.25, 0.3) is 5.91 Å². The Morgan fingerprint density at radius 1 is 0.964 bits per heavy atom. The number of nitrogen functional groups attached to an aromatic ring is 1. The predicted molar refractivity (Wildman–Crippen MR) is 110 cm³/mol. The molecule has 0 bridgehead atoms. The SMILES string of the molecule is N#C/C(=C/N(c1ccccc1)c1ccc(N)cc1)C(=O)Nc1ccc(O)cc1. The van der Waals surface area contributed by atoms with Crippen LogP contribution >= 0.6 is 0 Å². The van der Waals surface area contributed by atoms with E-state index >= 15 is 0 Å². The van der Waals surface area contributed by atoms with Crippen LogP contribution in [0.15, 0.2) is 90.6 Å². The van der Waals surface area contributed by atoms with E-state index in [-0.39, 0.29) is 11.3 Å². The fourth-order valence-corrected chi connectivity index (χ4v) is 2.53. The molecule has 0 saturated carbocycles. The molecule has 0 saturated heterocycles. The van der Waals surface area contributed by atoms with Crippen LogP contribution in [0, 0.1) is 11.3 Å². The number of phenolic OH excluding ortho intramolecular Hbond substituents is 1. The molecule has 28 heavy (non-hydrogen) atoms. The Labute approximate surface area is 162 Å². The number of nitrogens with two attached hydrogens (primary N) is 1. The van der Waals surface area contributed by atoms with E-state index in [0.29, 0.717) is 11.4 Å². The van der Waals surface area contributed by atoms with E-state index in [1.807, 2.05) is 48.5 Å². The number of aromatic hydroxyl groups is 1. The summed E-state index contributed by atoms with van der Waals surface area (Å²) >= 11 is 0. The summed E-state index contributed by atoms with van der Waals surface area (Å²) in [5, 5.41) is 21.5. The molecule has 3 aromatic carbocycles. The number of carbonyl (C=O) groups is 1. The Balaban J connectivity index is 1.94. The minimum atomic E-state index is -0.551. The topological polar surface area (TPSA) is 102 Å². The number of benzene rings is 3. The average molecular weight is 370 g/mol. The van der Waals surface area contributed by atoms with E-state index < -0.39 is 5.91 Å². The molecule has 3 rings (SSSR count). The van der Waals surface area contributed by atoms with Gasteiger partial charge in [-0.2, -0.15) is 5.26 Å². The molecule has 0 aliphatic heterocycles. The zero-order valence-electron chi connectivity index (χ0n) is 14.9. The number of amides is 1. The third-order valence-electron chi connectivity index (χ3n) is 3.95. The summed E-state index contributed by atoms with van der Waals surface area (Å²) in [6, 6.07) is 24.5. The van der Waals surface area contributed by atoms with Gasteiger partial charge < -0.3 is 21.1 Å². The zero-order valence-corrected chi connectivity index (χ0v) is 14.9. The standard InChI is InChI=1S/C22H18N4O2/c23-14-16(22(28)25-18-8-12-21(27)13-9-18)15-26(19-4-2-1-3-5-19)20-10-6-17(24)7-11-20/h1-13,15,27H,24H2,(H,25,28)/b16-15-. The first-order valence-electron chi connectivity index (χ1n) is 8.49. The summed E-state index contributed by atoms with van der Waals surface area (Å²) in [4.78, 5) is 14.3. The van der Waals surface area contributed by atoms with Gasteiger partial charge in [-0.15, -0.1) is 0 Å². The lowest BCUT2D eigenvalue weighted by molar-refractivity contribution is -0.112. The van der Waals surface area contributed by atoms with Crippen molar-refractivity contribution in [2.75, 3.05) is 16.0 Å². The molecule has 0 unspecified atom stereocenters. The maximum Gasteiger partial charge on any atom is 0.267 e. The maximum atomic E-state index is 12.6. The van der Waals surface area contributed by atoms with Gasteiger partial charge in [0.05, 0.1) is 0 Å². The van der Waals surface area contributed by atoms with Gasteiger partial charge in [-0.3, -0.25) is 4.79 Å². The number of phenols is 1. The fourth-order valence-electron chi connectivity index (χ4n) is 2.53. The van der Waals surface area contributed by atoms with Crippen molar-refractivity contribution in [2.45, 2.75) is 0 Å². The summed E-state index contributed by atoms with van der Waals surface area (Å²) in [7, 11) is 0. The van der Waals surface area contributed by atoms with Crippen LogP contribution in [0.3, 0.4) is 0 Å². The van der Waals surface area contributed by atoms with Crippen LogP contribution in [0.25, 0.3) is 0 Å². The average Bonchev–Trinajstić information content (AvgIpc) is 2.72. The monoisotopic (exact) mass is 370 g/mol. The molecule has 4 N–H and O–H groups in total. The number of rotatable bonds is 5. The van der Waals surface area contributed by atoms with Gasteiger partial charge in [0.15, 0.2) is 0 Å². The van der Waals surface area contributed by atoms with E-state index in [4.69, 9.17) is 5.73 Å². The summed E-state index contributed by atoms with van der Waals surface area (Å²) in [6.45, 7) is 0. The molecule has 0 heterocycles. The Kier molecular flexibility index (Phi) is 5.58. The smallest absolute Gasteiger partial charge is 0.267 e. The van der Waals surface area contributed by atoms with Crippen LogP contribution in [0.2, 0.25) is 0 Å². The number of nitrogens with zero attached hydrogens (tertiary/aromatic N) is 2. The number of nitrogens with one attached hydrogen (secondary N) is 1. The highest BCUT2D eigenvalue weighted by molar-refractivity contribution is 6.07. The Morgan fingerprint density at radius 3 is 2.18 bits per heavy atom. The lowest BCUT2D eigenvalue weighted by Gasteiger charge is -2.21. The molecule has 3 aromatic rings.